The van der Waals surface area contributed by atoms with Gasteiger partial charge in [-0.05, 0) is 5.25 Å². The largest absolute Gasteiger partial charge is 0.224 e. The Kier molecular flexibility index (Phi) is 2.86. The van der Waals surface area contributed by atoms with E-state index in [-0.39, 0.29) is 0 Å². The van der Waals surface area contributed by atoms with E-state index in [2.05, 4.69) is 13.8 Å². The van der Waals surface area contributed by atoms with Crippen LogP contribution in [0.1, 0.15) is 13.8 Å². The molecule has 5 heavy (non-hydrogen) atoms. The molecule has 0 aliphatic carbocycles. The molecule has 0 spiro atoms. The van der Waals surface area contributed by atoms with E-state index in [9.17, 15) is 0 Å². The molecule has 0 bridgehead atoms. The second-order valence-electron chi connectivity index (χ2n) is 1.18. The maximum Gasteiger partial charge on any atom is 0.161 e. The molecular formula is C3H7BS. The third-order valence-corrected chi connectivity index (χ3v) is 0.816. The van der Waals surface area contributed by atoms with Gasteiger partial charge in [-0.25, -0.2) is 11.6 Å². The normalized spacial score (nSPS) is 9.40. The van der Waals surface area contributed by atoms with Crippen molar-refractivity contribution >= 4 is 18.7 Å². The van der Waals surface area contributed by atoms with E-state index in [0.29, 0.717) is 5.25 Å². The van der Waals surface area contributed by atoms with Crippen LogP contribution >= 0.6 is 11.6 Å². The molecule has 0 aliphatic rings. The molecule has 28 valence electrons. The van der Waals surface area contributed by atoms with E-state index in [1.54, 1.807) is 0 Å². The summed E-state index contributed by atoms with van der Waals surface area (Å²) in [5, 5.41) is 0.579. The Balaban J connectivity index is 2.54. The lowest BCUT2D eigenvalue weighted by Crippen LogP contribution is -1.80. The van der Waals surface area contributed by atoms with Crippen molar-refractivity contribution in [2.24, 2.45) is 0 Å². The Labute approximate surface area is 38.6 Å². The standard InChI is InChI=1S/C3H7BS/c1-3(2)5-4/h3H,1-2H3. The molecule has 0 saturated carbocycles. The molecule has 0 rings (SSSR count). The Morgan fingerprint density at radius 1 is 1.60 bits per heavy atom. The van der Waals surface area contributed by atoms with E-state index >= 15 is 0 Å². The van der Waals surface area contributed by atoms with E-state index in [0.717, 1.165) is 0 Å². The molecule has 2 heteroatoms. The first-order chi connectivity index (χ1) is 2.27. The van der Waals surface area contributed by atoms with Crippen LogP contribution < -0.4 is 0 Å². The van der Waals surface area contributed by atoms with Gasteiger partial charge in [0.2, 0.25) is 0 Å². The zero-order chi connectivity index (χ0) is 4.28. The van der Waals surface area contributed by atoms with Crippen LogP contribution in [0.2, 0.25) is 0 Å². The summed E-state index contributed by atoms with van der Waals surface area (Å²) in [6.07, 6.45) is 0. The van der Waals surface area contributed by atoms with Crippen molar-refractivity contribution in [3.8, 4) is 0 Å². The summed E-state index contributed by atoms with van der Waals surface area (Å²) in [5.41, 5.74) is 0. The Bertz CT molecular complexity index is 20.9. The number of rotatable bonds is 1. The quantitative estimate of drug-likeness (QED) is 0.432. The van der Waals surface area contributed by atoms with Gasteiger partial charge < -0.3 is 0 Å². The summed E-state index contributed by atoms with van der Waals surface area (Å²) < 4.78 is 0. The third kappa shape index (κ3) is 4.41. The Hall–Kier alpha value is 0.415. The average molecular weight is 86.0 g/mol. The van der Waals surface area contributed by atoms with Gasteiger partial charge in [-0.2, -0.15) is 0 Å². The van der Waals surface area contributed by atoms with E-state index in [1.807, 2.05) is 0 Å². The molecule has 0 atom stereocenters. The van der Waals surface area contributed by atoms with Crippen LogP contribution in [-0.2, 0) is 0 Å². The van der Waals surface area contributed by atoms with Gasteiger partial charge >= 0.3 is 0 Å². The third-order valence-electron chi connectivity index (χ3n) is 0.272. The average Bonchev–Trinajstić information content (AvgIpc) is 1.38. The second-order valence-corrected chi connectivity index (χ2v) is 2.40. The highest BCUT2D eigenvalue weighted by Crippen LogP contribution is 1.98. The van der Waals surface area contributed by atoms with Gasteiger partial charge in [-0.15, -0.1) is 0 Å². The van der Waals surface area contributed by atoms with Crippen molar-refractivity contribution in [2.75, 3.05) is 0 Å². The minimum atomic E-state index is 0.579. The van der Waals surface area contributed by atoms with Gasteiger partial charge in [0.05, 0.1) is 0 Å². The lowest BCUT2D eigenvalue weighted by molar-refractivity contribution is 1.12. The number of hydrogen-bond acceptors (Lipinski definition) is 1. The van der Waals surface area contributed by atoms with Gasteiger partial charge in [-0.1, -0.05) is 13.8 Å². The van der Waals surface area contributed by atoms with E-state index < -0.39 is 0 Å². The van der Waals surface area contributed by atoms with Gasteiger partial charge in [0.15, 0.2) is 7.12 Å². The minimum absolute atomic E-state index is 0.579. The van der Waals surface area contributed by atoms with Crippen molar-refractivity contribution in [1.29, 1.82) is 0 Å². The highest BCUT2D eigenvalue weighted by atomic mass is 32.2. The van der Waals surface area contributed by atoms with Crippen molar-refractivity contribution in [3.05, 3.63) is 0 Å². The zero-order valence-corrected chi connectivity index (χ0v) is 4.38. The summed E-state index contributed by atoms with van der Waals surface area (Å²) in [5.74, 6) is 0. The summed E-state index contributed by atoms with van der Waals surface area (Å²) in [4.78, 5) is 0. The topological polar surface area (TPSA) is 0 Å². The fourth-order valence-corrected chi connectivity index (χ4v) is 0. The van der Waals surface area contributed by atoms with Gasteiger partial charge in [0, 0.05) is 0 Å². The van der Waals surface area contributed by atoms with Crippen LogP contribution in [0.4, 0.5) is 0 Å². The van der Waals surface area contributed by atoms with Crippen LogP contribution in [-0.4, -0.2) is 12.4 Å². The molecule has 0 aliphatic heterocycles. The minimum Gasteiger partial charge on any atom is -0.224 e. The maximum absolute atomic E-state index is 5.09. The summed E-state index contributed by atoms with van der Waals surface area (Å²) in [6.45, 7) is 4.12. The molecule has 0 heterocycles. The summed E-state index contributed by atoms with van der Waals surface area (Å²) in [6, 6.07) is 0. The molecule has 0 unspecified atom stereocenters. The van der Waals surface area contributed by atoms with Crippen LogP contribution in [0.5, 0.6) is 0 Å². The molecule has 0 aromatic heterocycles. The van der Waals surface area contributed by atoms with Crippen molar-refractivity contribution in [3.63, 3.8) is 0 Å². The maximum atomic E-state index is 5.09. The Morgan fingerprint density at radius 3 is 1.80 bits per heavy atom. The van der Waals surface area contributed by atoms with Crippen LogP contribution in [0.15, 0.2) is 0 Å². The monoisotopic (exact) mass is 86.0 g/mol. The van der Waals surface area contributed by atoms with Gasteiger partial charge in [0.25, 0.3) is 0 Å². The first kappa shape index (κ1) is 5.41. The predicted molar refractivity (Wildman–Crippen MR) is 28.5 cm³/mol. The highest BCUT2D eigenvalue weighted by Gasteiger charge is 1.79. The number of hydrogen-bond donors (Lipinski definition) is 0. The van der Waals surface area contributed by atoms with E-state index in [1.165, 1.54) is 11.6 Å². The lowest BCUT2D eigenvalue weighted by Gasteiger charge is -1.91. The molecule has 0 amide bonds. The lowest BCUT2D eigenvalue weighted by atomic mass is 10.6. The predicted octanol–water partition coefficient (Wildman–Crippen LogP) is 1.21. The molecule has 0 N–H and O–H groups in total. The molecule has 0 fully saturated rings. The fourth-order valence-electron chi connectivity index (χ4n) is 0. The smallest absolute Gasteiger partial charge is 0.161 e. The van der Waals surface area contributed by atoms with Crippen LogP contribution in [0.25, 0.3) is 0 Å². The SMILES string of the molecule is [B]SC(C)C. The molecule has 0 aromatic carbocycles. The molecule has 2 radical (unpaired) electrons. The van der Waals surface area contributed by atoms with Gasteiger partial charge in [0.1, 0.15) is 0 Å². The first-order valence-corrected chi connectivity index (χ1v) is 2.57. The van der Waals surface area contributed by atoms with E-state index in [4.69, 9.17) is 7.12 Å². The molecule has 0 nitrogen and oxygen atoms in total. The second kappa shape index (κ2) is 2.64. The first-order valence-electron chi connectivity index (χ1n) is 1.63. The zero-order valence-electron chi connectivity index (χ0n) is 3.56. The Morgan fingerprint density at radius 2 is 1.80 bits per heavy atom. The van der Waals surface area contributed by atoms with Crippen molar-refractivity contribution in [1.82, 2.24) is 0 Å². The fraction of sp³-hybridized carbons (Fsp3) is 1.00. The molecule has 0 saturated heterocycles. The molecule has 0 aromatic rings. The van der Waals surface area contributed by atoms with Crippen molar-refractivity contribution in [2.45, 2.75) is 19.1 Å². The van der Waals surface area contributed by atoms with Crippen LogP contribution in [0.3, 0.4) is 0 Å². The summed E-state index contributed by atoms with van der Waals surface area (Å²) in [7, 11) is 5.09. The molecular weight excluding hydrogens is 78.9 g/mol. The van der Waals surface area contributed by atoms with Gasteiger partial charge in [-0.3, -0.25) is 0 Å². The van der Waals surface area contributed by atoms with Crippen LogP contribution in [0, 0.1) is 0 Å². The summed E-state index contributed by atoms with van der Waals surface area (Å²) >= 11 is 1.38. The highest BCUT2D eigenvalue weighted by molar-refractivity contribution is 8.20. The van der Waals surface area contributed by atoms with Crippen molar-refractivity contribution < 1.29 is 0 Å².